The fraction of sp³-hybridized carbons (Fsp3) is 0.391. The quantitative estimate of drug-likeness (QED) is 0.889. The molecular weight excluding hydrogens is 348 g/mol. The van der Waals surface area contributed by atoms with Gasteiger partial charge in [-0.15, -0.1) is 0 Å². The molecule has 1 aliphatic heterocycles. The molecule has 0 radical (unpaired) electrons. The molecule has 0 aromatic heterocycles. The Hall–Kier alpha value is -2.68. The molecule has 1 amide bonds. The van der Waals surface area contributed by atoms with Crippen molar-refractivity contribution in [3.63, 3.8) is 0 Å². The van der Waals surface area contributed by atoms with E-state index >= 15 is 0 Å². The van der Waals surface area contributed by atoms with Gasteiger partial charge < -0.3 is 10.2 Å². The highest BCUT2D eigenvalue weighted by molar-refractivity contribution is 5.88. The van der Waals surface area contributed by atoms with E-state index < -0.39 is 5.54 Å². The first kappa shape index (κ1) is 18.7. The minimum absolute atomic E-state index is 0.174. The maximum atomic E-state index is 13.8. The van der Waals surface area contributed by atoms with Gasteiger partial charge >= 0.3 is 0 Å². The Labute approximate surface area is 166 Å². The van der Waals surface area contributed by atoms with Crippen molar-refractivity contribution in [3.05, 3.63) is 70.8 Å². The summed E-state index contributed by atoms with van der Waals surface area (Å²) in [6.45, 7) is 4.12. The average Bonchev–Trinajstić information content (AvgIpc) is 3.14. The molecule has 0 unspecified atom stereocenters. The van der Waals surface area contributed by atoms with Gasteiger partial charge in [-0.05, 0) is 28.8 Å². The molecule has 4 rings (SSSR count). The highest BCUT2D eigenvalue weighted by atomic mass is 16.2. The summed E-state index contributed by atoms with van der Waals surface area (Å²) < 4.78 is 0. The first-order valence-corrected chi connectivity index (χ1v) is 9.89. The molecule has 1 saturated heterocycles. The number of hydrogen-bond acceptors (Lipinski definition) is 4. The lowest BCUT2D eigenvalue weighted by atomic mass is 9.90. The van der Waals surface area contributed by atoms with Gasteiger partial charge in [0.2, 0.25) is 5.91 Å². The number of carbonyl (C=O) groups is 1. The molecule has 1 aliphatic carbocycles. The molecule has 2 aromatic rings. The van der Waals surface area contributed by atoms with Gasteiger partial charge in [0, 0.05) is 52.6 Å². The van der Waals surface area contributed by atoms with Gasteiger partial charge in [0.05, 0.1) is 11.6 Å². The molecule has 2 aliphatic rings. The van der Waals surface area contributed by atoms with Crippen LogP contribution in [-0.4, -0.2) is 54.5 Å². The summed E-state index contributed by atoms with van der Waals surface area (Å²) in [5.74, 6) is 0.174. The summed E-state index contributed by atoms with van der Waals surface area (Å²) in [4.78, 5) is 18.0. The van der Waals surface area contributed by atoms with Crippen molar-refractivity contribution in [1.29, 1.82) is 5.26 Å². The number of hydrogen-bond donors (Lipinski definition) is 1. The summed E-state index contributed by atoms with van der Waals surface area (Å²) in [6, 6.07) is 18.1. The second-order valence-electron chi connectivity index (χ2n) is 7.86. The molecule has 5 heteroatoms. The third kappa shape index (κ3) is 3.42. The number of piperazine rings is 1. The zero-order chi connectivity index (χ0) is 19.6. The Morgan fingerprint density at radius 1 is 1.14 bits per heavy atom. The van der Waals surface area contributed by atoms with Crippen molar-refractivity contribution in [1.82, 2.24) is 15.1 Å². The molecular formula is C23H26N4O. The van der Waals surface area contributed by atoms with Gasteiger partial charge in [0.1, 0.15) is 5.54 Å². The van der Waals surface area contributed by atoms with E-state index in [2.05, 4.69) is 40.6 Å². The van der Waals surface area contributed by atoms with E-state index in [0.29, 0.717) is 12.1 Å². The number of benzene rings is 2. The lowest BCUT2D eigenvalue weighted by molar-refractivity contribution is -0.144. The first-order chi connectivity index (χ1) is 13.6. The van der Waals surface area contributed by atoms with Crippen molar-refractivity contribution in [2.24, 2.45) is 0 Å². The predicted octanol–water partition coefficient (Wildman–Crippen LogP) is 1.96. The van der Waals surface area contributed by atoms with Crippen LogP contribution in [0.1, 0.15) is 22.3 Å². The van der Waals surface area contributed by atoms with Gasteiger partial charge in [-0.1, -0.05) is 36.4 Å². The second kappa shape index (κ2) is 7.75. The zero-order valence-corrected chi connectivity index (χ0v) is 16.3. The maximum absolute atomic E-state index is 13.8. The van der Waals surface area contributed by atoms with Crippen molar-refractivity contribution in [2.45, 2.75) is 24.9 Å². The fourth-order valence-corrected chi connectivity index (χ4v) is 4.64. The van der Waals surface area contributed by atoms with Crippen LogP contribution in [0, 0.1) is 11.3 Å². The highest BCUT2D eigenvalue weighted by Crippen LogP contribution is 2.36. The van der Waals surface area contributed by atoms with Crippen LogP contribution in [0.2, 0.25) is 0 Å². The number of nitriles is 1. The van der Waals surface area contributed by atoms with Gasteiger partial charge in [0.25, 0.3) is 0 Å². The predicted molar refractivity (Wildman–Crippen MR) is 109 cm³/mol. The van der Waals surface area contributed by atoms with Crippen LogP contribution in [0.25, 0.3) is 0 Å². The largest absolute Gasteiger partial charge is 0.340 e. The van der Waals surface area contributed by atoms with Crippen LogP contribution < -0.4 is 5.32 Å². The molecule has 144 valence electrons. The smallest absolute Gasteiger partial charge is 0.243 e. The van der Waals surface area contributed by atoms with Crippen molar-refractivity contribution in [3.8, 4) is 6.07 Å². The number of nitrogens with one attached hydrogen (secondary N) is 1. The Morgan fingerprint density at radius 2 is 1.82 bits per heavy atom. The minimum atomic E-state index is -0.507. The Bertz CT molecular complexity index is 886. The maximum Gasteiger partial charge on any atom is 0.243 e. The first-order valence-electron chi connectivity index (χ1n) is 9.89. The topological polar surface area (TPSA) is 59.4 Å². The molecule has 1 N–H and O–H groups in total. The fourth-order valence-electron chi connectivity index (χ4n) is 4.64. The highest BCUT2D eigenvalue weighted by Gasteiger charge is 2.49. The summed E-state index contributed by atoms with van der Waals surface area (Å²) >= 11 is 0. The Kier molecular flexibility index (Phi) is 5.17. The standard InChI is InChI=1S/C23H26N4O/c1-26(17-19-6-4-5-18(13-19)16-24)22(28)23(27-11-9-25-10-12-27)14-20-7-2-3-8-21(20)15-23/h2-8,13,25H,9-12,14-15,17H2,1H3. The Morgan fingerprint density at radius 3 is 2.46 bits per heavy atom. The minimum Gasteiger partial charge on any atom is -0.340 e. The lowest BCUT2D eigenvalue weighted by Gasteiger charge is -2.44. The van der Waals surface area contributed by atoms with Crippen LogP contribution in [0.4, 0.5) is 0 Å². The number of amides is 1. The van der Waals surface area contributed by atoms with Gasteiger partial charge in [0.15, 0.2) is 0 Å². The van der Waals surface area contributed by atoms with Crippen LogP contribution in [0.15, 0.2) is 48.5 Å². The van der Waals surface area contributed by atoms with Gasteiger partial charge in [-0.3, -0.25) is 9.69 Å². The second-order valence-corrected chi connectivity index (χ2v) is 7.86. The van der Waals surface area contributed by atoms with Crippen LogP contribution in [0.3, 0.4) is 0 Å². The zero-order valence-electron chi connectivity index (χ0n) is 16.3. The summed E-state index contributed by atoms with van der Waals surface area (Å²) in [6.07, 6.45) is 1.54. The molecule has 5 nitrogen and oxygen atoms in total. The van der Waals surface area contributed by atoms with Crippen molar-refractivity contribution in [2.75, 3.05) is 33.2 Å². The molecule has 1 fully saturated rings. The van der Waals surface area contributed by atoms with Gasteiger partial charge in [-0.25, -0.2) is 0 Å². The molecule has 0 saturated carbocycles. The summed E-state index contributed by atoms with van der Waals surface area (Å²) in [7, 11) is 1.88. The molecule has 0 bridgehead atoms. The Balaban J connectivity index is 1.61. The van der Waals surface area contributed by atoms with E-state index in [4.69, 9.17) is 5.26 Å². The van der Waals surface area contributed by atoms with E-state index in [0.717, 1.165) is 44.6 Å². The van der Waals surface area contributed by atoms with E-state index in [1.165, 1.54) is 11.1 Å². The summed E-state index contributed by atoms with van der Waals surface area (Å²) in [5.41, 5.74) is 3.68. The number of nitrogens with zero attached hydrogens (tertiary/aromatic N) is 3. The van der Waals surface area contributed by atoms with Crippen LogP contribution >= 0.6 is 0 Å². The third-order valence-corrected chi connectivity index (χ3v) is 6.03. The number of likely N-dealkylation sites (N-methyl/N-ethyl adjacent to an activating group) is 1. The molecule has 2 aromatic carbocycles. The van der Waals surface area contributed by atoms with Crippen LogP contribution in [0.5, 0.6) is 0 Å². The molecule has 1 heterocycles. The third-order valence-electron chi connectivity index (χ3n) is 6.03. The van der Waals surface area contributed by atoms with E-state index in [-0.39, 0.29) is 5.91 Å². The van der Waals surface area contributed by atoms with E-state index in [1.54, 1.807) is 6.07 Å². The van der Waals surface area contributed by atoms with E-state index in [9.17, 15) is 4.79 Å². The SMILES string of the molecule is CN(Cc1cccc(C#N)c1)C(=O)C1(N2CCNCC2)Cc2ccccc2C1. The van der Waals surface area contributed by atoms with Crippen molar-refractivity contribution < 1.29 is 4.79 Å². The van der Waals surface area contributed by atoms with Crippen molar-refractivity contribution >= 4 is 5.91 Å². The van der Waals surface area contributed by atoms with Gasteiger partial charge in [-0.2, -0.15) is 5.26 Å². The van der Waals surface area contributed by atoms with E-state index in [1.807, 2.05) is 30.1 Å². The summed E-state index contributed by atoms with van der Waals surface area (Å²) in [5, 5.41) is 12.5. The lowest BCUT2D eigenvalue weighted by Crippen LogP contribution is -2.63. The number of fused-ring (bicyclic) bond motifs is 1. The number of carbonyl (C=O) groups excluding carboxylic acids is 1. The molecule has 28 heavy (non-hydrogen) atoms. The van der Waals surface area contributed by atoms with Crippen LogP contribution in [-0.2, 0) is 24.2 Å². The molecule has 0 spiro atoms. The average molecular weight is 374 g/mol. The normalized spacial score (nSPS) is 18.3. The number of rotatable bonds is 4. The molecule has 0 atom stereocenters. The monoisotopic (exact) mass is 374 g/mol.